The highest BCUT2D eigenvalue weighted by Crippen LogP contribution is 2.35. The molecule has 3 heterocycles. The average Bonchev–Trinajstić information content (AvgIpc) is 3.51. The van der Waals surface area contributed by atoms with Crippen molar-refractivity contribution in [1.82, 2.24) is 14.8 Å². The number of aromatic nitrogens is 3. The molecule has 0 N–H and O–H groups in total. The molecule has 5 rings (SSSR count). The first-order valence-electron chi connectivity index (χ1n) is 11.0. The van der Waals surface area contributed by atoms with Gasteiger partial charge in [-0.1, -0.05) is 48.2 Å². The lowest BCUT2D eigenvalue weighted by Crippen LogP contribution is -2.32. The van der Waals surface area contributed by atoms with E-state index in [0.717, 1.165) is 27.1 Å². The van der Waals surface area contributed by atoms with Crippen LogP contribution in [0.25, 0.3) is 0 Å². The highest BCUT2D eigenvalue weighted by atomic mass is 32.2. The lowest BCUT2D eigenvalue weighted by atomic mass is 10.2. The molecule has 0 fully saturated rings. The topological polar surface area (TPSA) is 69.5 Å². The van der Waals surface area contributed by atoms with Crippen LogP contribution in [0.4, 0.5) is 5.69 Å². The lowest BCUT2D eigenvalue weighted by Gasteiger charge is -2.25. The molecule has 2 aromatic heterocycles. The summed E-state index contributed by atoms with van der Waals surface area (Å²) in [5, 5.41) is 11.3. The standard InChI is InChI=1S/C25H24N4O3S2/c1-18-26-27-25(28(18)15-19-6-3-2-4-7-19)34-17-24(30)29(16-21-8-5-13-33-21)20-9-10-22-23(14-20)32-12-11-31-22/h2-10,13-14H,11-12,15-17H2,1H3. The van der Waals surface area contributed by atoms with Gasteiger partial charge in [-0.3, -0.25) is 4.79 Å². The van der Waals surface area contributed by atoms with Crippen molar-refractivity contribution < 1.29 is 14.3 Å². The third kappa shape index (κ3) is 5.10. The summed E-state index contributed by atoms with van der Waals surface area (Å²) < 4.78 is 13.4. The van der Waals surface area contributed by atoms with Gasteiger partial charge >= 0.3 is 0 Å². The van der Waals surface area contributed by atoms with Crippen molar-refractivity contribution in [3.05, 3.63) is 82.3 Å². The minimum atomic E-state index is -0.0120. The summed E-state index contributed by atoms with van der Waals surface area (Å²) in [6.07, 6.45) is 0. The molecular weight excluding hydrogens is 468 g/mol. The molecule has 0 radical (unpaired) electrons. The van der Waals surface area contributed by atoms with E-state index in [1.54, 1.807) is 16.2 Å². The largest absolute Gasteiger partial charge is 0.486 e. The summed E-state index contributed by atoms with van der Waals surface area (Å²) in [5.41, 5.74) is 1.94. The second-order valence-electron chi connectivity index (χ2n) is 7.78. The Kier molecular flexibility index (Phi) is 6.82. The third-order valence-electron chi connectivity index (χ3n) is 5.44. The van der Waals surface area contributed by atoms with E-state index in [0.29, 0.717) is 37.8 Å². The van der Waals surface area contributed by atoms with Gasteiger partial charge in [0, 0.05) is 16.6 Å². The molecule has 1 amide bonds. The number of anilines is 1. The highest BCUT2D eigenvalue weighted by molar-refractivity contribution is 7.99. The molecule has 0 atom stereocenters. The molecule has 4 aromatic rings. The zero-order valence-electron chi connectivity index (χ0n) is 18.7. The van der Waals surface area contributed by atoms with Crippen molar-refractivity contribution in [2.24, 2.45) is 0 Å². The SMILES string of the molecule is Cc1nnc(SCC(=O)N(Cc2cccs2)c2ccc3c(c2)OCCO3)n1Cc1ccccc1. The number of carbonyl (C=O) groups is 1. The Morgan fingerprint density at radius 2 is 1.88 bits per heavy atom. The van der Waals surface area contributed by atoms with Gasteiger partial charge in [0.1, 0.15) is 19.0 Å². The van der Waals surface area contributed by atoms with Gasteiger partial charge in [0.15, 0.2) is 16.7 Å². The van der Waals surface area contributed by atoms with Gasteiger partial charge in [-0.25, -0.2) is 0 Å². The Morgan fingerprint density at radius 3 is 2.68 bits per heavy atom. The van der Waals surface area contributed by atoms with Gasteiger partial charge < -0.3 is 18.9 Å². The van der Waals surface area contributed by atoms with Crippen LogP contribution >= 0.6 is 23.1 Å². The first-order valence-corrected chi connectivity index (χ1v) is 12.8. The predicted molar refractivity (Wildman–Crippen MR) is 134 cm³/mol. The number of ether oxygens (including phenoxy) is 2. The molecular formula is C25H24N4O3S2. The van der Waals surface area contributed by atoms with Crippen molar-refractivity contribution in [3.8, 4) is 11.5 Å². The fraction of sp³-hybridized carbons (Fsp3) is 0.240. The van der Waals surface area contributed by atoms with Crippen LogP contribution in [-0.4, -0.2) is 39.6 Å². The van der Waals surface area contributed by atoms with Gasteiger partial charge in [0.25, 0.3) is 0 Å². The van der Waals surface area contributed by atoms with Crippen LogP contribution in [-0.2, 0) is 17.9 Å². The van der Waals surface area contributed by atoms with E-state index in [4.69, 9.17) is 9.47 Å². The molecule has 0 saturated carbocycles. The molecule has 34 heavy (non-hydrogen) atoms. The second-order valence-corrected chi connectivity index (χ2v) is 9.75. The summed E-state index contributed by atoms with van der Waals surface area (Å²) in [4.78, 5) is 16.4. The third-order valence-corrected chi connectivity index (χ3v) is 7.26. The van der Waals surface area contributed by atoms with E-state index in [1.165, 1.54) is 11.8 Å². The predicted octanol–water partition coefficient (Wildman–Crippen LogP) is 4.79. The summed E-state index contributed by atoms with van der Waals surface area (Å²) in [5.74, 6) is 2.42. The number of fused-ring (bicyclic) bond motifs is 1. The number of benzene rings is 2. The highest BCUT2D eigenvalue weighted by Gasteiger charge is 2.22. The summed E-state index contributed by atoms with van der Waals surface area (Å²) >= 11 is 3.04. The molecule has 0 bridgehead atoms. The molecule has 9 heteroatoms. The summed E-state index contributed by atoms with van der Waals surface area (Å²) in [7, 11) is 0. The molecule has 0 unspecified atom stereocenters. The number of carbonyl (C=O) groups excluding carboxylic acids is 1. The number of hydrogen-bond acceptors (Lipinski definition) is 7. The van der Waals surface area contributed by atoms with Gasteiger partial charge in [0.2, 0.25) is 5.91 Å². The van der Waals surface area contributed by atoms with Gasteiger partial charge in [-0.2, -0.15) is 0 Å². The van der Waals surface area contributed by atoms with Crippen molar-refractivity contribution in [1.29, 1.82) is 0 Å². The smallest absolute Gasteiger partial charge is 0.237 e. The Hall–Kier alpha value is -3.30. The quantitative estimate of drug-likeness (QED) is 0.329. The maximum atomic E-state index is 13.5. The van der Waals surface area contributed by atoms with Crippen LogP contribution in [0.2, 0.25) is 0 Å². The van der Waals surface area contributed by atoms with Crippen molar-refractivity contribution in [2.75, 3.05) is 23.9 Å². The molecule has 0 aliphatic carbocycles. The van der Waals surface area contributed by atoms with E-state index in [1.807, 2.05) is 65.4 Å². The monoisotopic (exact) mass is 492 g/mol. The van der Waals surface area contributed by atoms with Crippen LogP contribution in [0, 0.1) is 6.92 Å². The number of amides is 1. The van der Waals surface area contributed by atoms with E-state index in [9.17, 15) is 4.79 Å². The minimum absolute atomic E-state index is 0.0120. The number of hydrogen-bond donors (Lipinski definition) is 0. The maximum Gasteiger partial charge on any atom is 0.237 e. The van der Waals surface area contributed by atoms with Crippen LogP contribution in [0.1, 0.15) is 16.3 Å². The molecule has 0 spiro atoms. The van der Waals surface area contributed by atoms with Crippen molar-refractivity contribution in [2.45, 2.75) is 25.2 Å². The van der Waals surface area contributed by atoms with E-state index >= 15 is 0 Å². The number of nitrogens with zero attached hydrogens (tertiary/aromatic N) is 4. The Labute approximate surface area is 206 Å². The Balaban J connectivity index is 1.35. The molecule has 174 valence electrons. The number of aryl methyl sites for hydroxylation is 1. The minimum Gasteiger partial charge on any atom is -0.486 e. The molecule has 1 aliphatic heterocycles. The molecule has 7 nitrogen and oxygen atoms in total. The van der Waals surface area contributed by atoms with E-state index in [-0.39, 0.29) is 11.7 Å². The Morgan fingerprint density at radius 1 is 1.06 bits per heavy atom. The second kappa shape index (κ2) is 10.3. The maximum absolute atomic E-state index is 13.5. The number of thioether (sulfide) groups is 1. The molecule has 2 aromatic carbocycles. The van der Waals surface area contributed by atoms with Crippen LogP contribution in [0.5, 0.6) is 11.5 Å². The van der Waals surface area contributed by atoms with Crippen LogP contribution in [0.15, 0.2) is 71.2 Å². The van der Waals surface area contributed by atoms with Gasteiger partial charge in [0.05, 0.1) is 18.8 Å². The van der Waals surface area contributed by atoms with Crippen molar-refractivity contribution in [3.63, 3.8) is 0 Å². The van der Waals surface area contributed by atoms with Crippen molar-refractivity contribution >= 4 is 34.7 Å². The van der Waals surface area contributed by atoms with Crippen LogP contribution in [0.3, 0.4) is 0 Å². The number of thiophene rings is 1. The molecule has 1 aliphatic rings. The first-order chi connectivity index (χ1) is 16.7. The zero-order valence-corrected chi connectivity index (χ0v) is 20.3. The van der Waals surface area contributed by atoms with Gasteiger partial charge in [-0.05, 0) is 36.1 Å². The normalized spacial score (nSPS) is 12.5. The summed E-state index contributed by atoms with van der Waals surface area (Å²) in [6.45, 7) is 4.12. The molecule has 0 saturated heterocycles. The number of rotatable bonds is 8. The zero-order chi connectivity index (χ0) is 23.3. The van der Waals surface area contributed by atoms with Gasteiger partial charge in [-0.15, -0.1) is 21.5 Å². The Bertz CT molecular complexity index is 1260. The average molecular weight is 493 g/mol. The van der Waals surface area contributed by atoms with E-state index < -0.39 is 0 Å². The summed E-state index contributed by atoms with van der Waals surface area (Å²) in [6, 6.07) is 19.9. The fourth-order valence-electron chi connectivity index (χ4n) is 3.70. The first kappa shape index (κ1) is 22.5. The van der Waals surface area contributed by atoms with E-state index in [2.05, 4.69) is 22.3 Å². The van der Waals surface area contributed by atoms with Crippen LogP contribution < -0.4 is 14.4 Å². The lowest BCUT2D eigenvalue weighted by molar-refractivity contribution is -0.116. The fourth-order valence-corrected chi connectivity index (χ4v) is 5.25.